The Hall–Kier alpha value is -2.49. The van der Waals surface area contributed by atoms with Crippen LogP contribution in [0.5, 0.6) is 0 Å². The quantitative estimate of drug-likeness (QED) is 0.394. The number of fused-ring (bicyclic) bond motifs is 1. The summed E-state index contributed by atoms with van der Waals surface area (Å²) in [6, 6.07) is 8.37. The molecule has 0 aliphatic heterocycles. The van der Waals surface area contributed by atoms with Crippen LogP contribution in [0.2, 0.25) is 0 Å². The largest absolute Gasteiger partial charge is 0.344 e. The SMILES string of the molecule is C.C=C/C=C\C(=N)F.CC.CC(C)n1cc(C=O)c2ccccc21. The highest BCUT2D eigenvalue weighted by Gasteiger charge is 2.08. The topological polar surface area (TPSA) is 45.9 Å². The normalized spacial score (nSPS) is 9.42. The van der Waals surface area contributed by atoms with E-state index < -0.39 is 5.97 Å². The van der Waals surface area contributed by atoms with Crippen molar-refractivity contribution >= 4 is 23.2 Å². The molecule has 0 saturated heterocycles. The fraction of sp³-hybridized carbons (Fsp3) is 0.300. The third kappa shape index (κ3) is 7.18. The number of allylic oxidation sites excluding steroid dienone is 3. The molecule has 0 spiro atoms. The molecular formula is C20H29FN2O. The summed E-state index contributed by atoms with van der Waals surface area (Å²) in [5.41, 5.74) is 1.90. The highest BCUT2D eigenvalue weighted by molar-refractivity contribution is 5.97. The van der Waals surface area contributed by atoms with Gasteiger partial charge in [0.2, 0.25) is 5.97 Å². The number of hydrogen-bond donors (Lipinski definition) is 1. The van der Waals surface area contributed by atoms with Crippen molar-refractivity contribution in [2.45, 2.75) is 41.2 Å². The number of rotatable bonds is 4. The Morgan fingerprint density at radius 2 is 1.88 bits per heavy atom. The highest BCUT2D eigenvalue weighted by atomic mass is 19.1. The zero-order valence-corrected chi connectivity index (χ0v) is 14.2. The summed E-state index contributed by atoms with van der Waals surface area (Å²) in [6.07, 6.45) is 6.63. The molecule has 3 nitrogen and oxygen atoms in total. The molecule has 1 heterocycles. The van der Waals surface area contributed by atoms with Crippen LogP contribution in [0.4, 0.5) is 4.39 Å². The average molecular weight is 332 g/mol. The summed E-state index contributed by atoms with van der Waals surface area (Å²) >= 11 is 0. The van der Waals surface area contributed by atoms with Gasteiger partial charge in [0.05, 0.1) is 0 Å². The number of benzene rings is 1. The minimum absolute atomic E-state index is 0. The Labute approximate surface area is 145 Å². The molecule has 4 heteroatoms. The van der Waals surface area contributed by atoms with Crippen LogP contribution in [0, 0.1) is 5.41 Å². The number of halogens is 1. The Morgan fingerprint density at radius 1 is 1.29 bits per heavy atom. The molecule has 2 aromatic rings. The zero-order valence-electron chi connectivity index (χ0n) is 14.2. The number of aldehydes is 1. The molecule has 0 saturated carbocycles. The minimum atomic E-state index is -0.945. The second kappa shape index (κ2) is 13.0. The summed E-state index contributed by atoms with van der Waals surface area (Å²) < 4.78 is 13.5. The van der Waals surface area contributed by atoms with Crippen LogP contribution in [0.1, 0.15) is 51.5 Å². The van der Waals surface area contributed by atoms with Gasteiger partial charge in [0.15, 0.2) is 6.29 Å². The van der Waals surface area contributed by atoms with E-state index in [1.165, 1.54) is 12.2 Å². The second-order valence-corrected chi connectivity index (χ2v) is 4.66. The molecule has 0 radical (unpaired) electrons. The number of nitrogens with one attached hydrogen (secondary N) is 1. The van der Waals surface area contributed by atoms with Crippen molar-refractivity contribution in [3.63, 3.8) is 0 Å². The van der Waals surface area contributed by atoms with Gasteiger partial charge in [-0.25, -0.2) is 0 Å². The van der Waals surface area contributed by atoms with E-state index in [0.29, 0.717) is 6.04 Å². The smallest absolute Gasteiger partial charge is 0.205 e. The predicted molar refractivity (Wildman–Crippen MR) is 104 cm³/mol. The second-order valence-electron chi connectivity index (χ2n) is 4.66. The van der Waals surface area contributed by atoms with Crippen molar-refractivity contribution in [2.24, 2.45) is 0 Å². The molecule has 0 bridgehead atoms. The molecule has 2 rings (SSSR count). The van der Waals surface area contributed by atoms with E-state index in [1.807, 2.05) is 44.3 Å². The van der Waals surface area contributed by atoms with Gasteiger partial charge >= 0.3 is 0 Å². The Morgan fingerprint density at radius 3 is 2.29 bits per heavy atom. The van der Waals surface area contributed by atoms with Gasteiger partial charge < -0.3 is 4.57 Å². The number of nitrogens with zero attached hydrogens (tertiary/aromatic N) is 1. The lowest BCUT2D eigenvalue weighted by Crippen LogP contribution is -1.97. The third-order valence-corrected chi connectivity index (χ3v) is 2.83. The van der Waals surface area contributed by atoms with Crippen LogP contribution in [-0.4, -0.2) is 16.8 Å². The van der Waals surface area contributed by atoms with Gasteiger partial charge in [-0.05, 0) is 26.0 Å². The maximum Gasteiger partial charge on any atom is 0.205 e. The van der Waals surface area contributed by atoms with Crippen LogP contribution in [0.25, 0.3) is 10.9 Å². The third-order valence-electron chi connectivity index (χ3n) is 2.83. The van der Waals surface area contributed by atoms with E-state index in [1.54, 1.807) is 0 Å². The average Bonchev–Trinajstić information content (AvgIpc) is 2.94. The molecule has 24 heavy (non-hydrogen) atoms. The van der Waals surface area contributed by atoms with Gasteiger partial charge in [0, 0.05) is 28.7 Å². The first-order chi connectivity index (χ1) is 11.0. The van der Waals surface area contributed by atoms with E-state index in [0.717, 1.165) is 28.8 Å². The summed E-state index contributed by atoms with van der Waals surface area (Å²) in [5.74, 6) is -0.945. The van der Waals surface area contributed by atoms with Crippen LogP contribution >= 0.6 is 0 Å². The lowest BCUT2D eigenvalue weighted by atomic mass is 10.2. The van der Waals surface area contributed by atoms with Crippen LogP contribution < -0.4 is 0 Å². The molecule has 0 aliphatic carbocycles. The number of carbonyl (C=O) groups excluding carboxylic acids is 1. The van der Waals surface area contributed by atoms with Crippen LogP contribution in [0.15, 0.2) is 55.3 Å². The van der Waals surface area contributed by atoms with E-state index in [4.69, 9.17) is 5.41 Å². The molecule has 1 aromatic carbocycles. The lowest BCUT2D eigenvalue weighted by molar-refractivity contribution is 0.112. The minimum Gasteiger partial charge on any atom is -0.344 e. The summed E-state index contributed by atoms with van der Waals surface area (Å²) in [6.45, 7) is 11.5. The fourth-order valence-corrected chi connectivity index (χ4v) is 1.91. The van der Waals surface area contributed by atoms with Crippen molar-refractivity contribution in [3.8, 4) is 0 Å². The predicted octanol–water partition coefficient (Wildman–Crippen LogP) is 6.37. The molecule has 1 aromatic heterocycles. The van der Waals surface area contributed by atoms with Gasteiger partial charge in [-0.1, -0.05) is 58.2 Å². The molecular weight excluding hydrogens is 303 g/mol. The molecule has 132 valence electrons. The standard InChI is InChI=1S/C12H13NO.C5H6FN.C2H6.CH4/c1-9(2)13-7-10(8-14)11-5-3-4-6-12(11)13;1-2-3-4-5(6)7;1-2;/h3-9H,1-2H3;2-4,7H,1H2;1-2H3;1H4/b;4-3-,7-5?;;. The number of para-hydroxylation sites is 1. The van der Waals surface area contributed by atoms with E-state index >= 15 is 0 Å². The highest BCUT2D eigenvalue weighted by Crippen LogP contribution is 2.23. The van der Waals surface area contributed by atoms with Gasteiger partial charge in [-0.2, -0.15) is 4.39 Å². The maximum absolute atomic E-state index is 11.3. The number of carbonyl (C=O) groups is 1. The van der Waals surface area contributed by atoms with Crippen molar-refractivity contribution in [3.05, 3.63) is 60.8 Å². The molecule has 0 aliphatic rings. The van der Waals surface area contributed by atoms with Gasteiger partial charge in [-0.15, -0.1) is 0 Å². The maximum atomic E-state index is 11.3. The number of hydrogen-bond acceptors (Lipinski definition) is 2. The number of aromatic nitrogens is 1. The zero-order chi connectivity index (χ0) is 17.8. The molecule has 0 fully saturated rings. The van der Waals surface area contributed by atoms with Gasteiger partial charge in [0.1, 0.15) is 0 Å². The first-order valence-electron chi connectivity index (χ1n) is 7.59. The van der Waals surface area contributed by atoms with Gasteiger partial charge in [-0.3, -0.25) is 10.2 Å². The molecule has 0 unspecified atom stereocenters. The monoisotopic (exact) mass is 332 g/mol. The molecule has 0 atom stereocenters. The Bertz CT molecular complexity index is 669. The lowest BCUT2D eigenvalue weighted by Gasteiger charge is -2.08. The summed E-state index contributed by atoms with van der Waals surface area (Å²) in [5, 5.41) is 7.23. The molecule has 1 N–H and O–H groups in total. The van der Waals surface area contributed by atoms with E-state index in [2.05, 4.69) is 25.0 Å². The van der Waals surface area contributed by atoms with E-state index in [-0.39, 0.29) is 7.43 Å². The van der Waals surface area contributed by atoms with Crippen molar-refractivity contribution in [2.75, 3.05) is 0 Å². The van der Waals surface area contributed by atoms with Crippen molar-refractivity contribution in [1.29, 1.82) is 5.41 Å². The van der Waals surface area contributed by atoms with Crippen LogP contribution in [-0.2, 0) is 0 Å². The van der Waals surface area contributed by atoms with E-state index in [9.17, 15) is 9.18 Å². The molecule has 0 amide bonds. The summed E-state index contributed by atoms with van der Waals surface area (Å²) in [4.78, 5) is 10.8. The summed E-state index contributed by atoms with van der Waals surface area (Å²) in [7, 11) is 0. The van der Waals surface area contributed by atoms with Crippen LogP contribution in [0.3, 0.4) is 0 Å². The fourth-order valence-electron chi connectivity index (χ4n) is 1.91. The Kier molecular flexibility index (Phi) is 12.9. The van der Waals surface area contributed by atoms with Crippen molar-refractivity contribution < 1.29 is 9.18 Å². The Balaban J connectivity index is 0. The first kappa shape index (κ1) is 23.8. The van der Waals surface area contributed by atoms with Crippen molar-refractivity contribution in [1.82, 2.24) is 4.57 Å². The van der Waals surface area contributed by atoms with Gasteiger partial charge in [0.25, 0.3) is 0 Å². The first-order valence-corrected chi connectivity index (χ1v) is 7.59.